The molecule has 1 aromatic heterocycles. The van der Waals surface area contributed by atoms with Crippen molar-refractivity contribution in [3.05, 3.63) is 11.9 Å². The third kappa shape index (κ3) is 3.47. The molecule has 1 unspecified atom stereocenters. The Morgan fingerprint density at radius 3 is 2.67 bits per heavy atom. The summed E-state index contributed by atoms with van der Waals surface area (Å²) in [6, 6.07) is -1.42. The zero-order valence-electron chi connectivity index (χ0n) is 10.7. The molecule has 0 saturated carbocycles. The molecule has 0 aliphatic carbocycles. The van der Waals surface area contributed by atoms with Crippen molar-refractivity contribution in [2.45, 2.75) is 32.7 Å². The number of aryl methyl sites for hydroxylation is 2. The van der Waals surface area contributed by atoms with Gasteiger partial charge in [-0.3, -0.25) is 4.68 Å². The number of hydrogen-bond donors (Lipinski definition) is 3. The summed E-state index contributed by atoms with van der Waals surface area (Å²) in [5.41, 5.74) is 1.36. The quantitative estimate of drug-likeness (QED) is 0.729. The zero-order chi connectivity index (χ0) is 13.7. The van der Waals surface area contributed by atoms with Gasteiger partial charge in [0.05, 0.1) is 11.4 Å². The normalized spacial score (nSPS) is 11.9. The number of urea groups is 1. The molecule has 0 bridgehead atoms. The van der Waals surface area contributed by atoms with E-state index in [1.807, 2.05) is 6.92 Å². The summed E-state index contributed by atoms with van der Waals surface area (Å²) in [4.78, 5) is 22.4. The molecule has 7 nitrogen and oxygen atoms in total. The maximum atomic E-state index is 11.6. The second kappa shape index (κ2) is 6.04. The van der Waals surface area contributed by atoms with Crippen LogP contribution in [0.4, 0.5) is 10.5 Å². The Balaban J connectivity index is 2.66. The van der Waals surface area contributed by atoms with E-state index in [-0.39, 0.29) is 0 Å². The van der Waals surface area contributed by atoms with E-state index in [0.29, 0.717) is 18.5 Å². The molecular formula is C11H18N4O3. The molecule has 0 spiro atoms. The Morgan fingerprint density at radius 2 is 2.17 bits per heavy atom. The van der Waals surface area contributed by atoms with E-state index in [1.54, 1.807) is 24.9 Å². The molecule has 0 aromatic carbocycles. The maximum absolute atomic E-state index is 11.6. The predicted molar refractivity (Wildman–Crippen MR) is 66.5 cm³/mol. The summed E-state index contributed by atoms with van der Waals surface area (Å²) in [5, 5.41) is 18.0. The summed E-state index contributed by atoms with van der Waals surface area (Å²) in [6.45, 7) is 3.62. The first-order valence-corrected chi connectivity index (χ1v) is 5.80. The highest BCUT2D eigenvalue weighted by atomic mass is 16.4. The number of rotatable bonds is 5. The van der Waals surface area contributed by atoms with Crippen LogP contribution in [-0.4, -0.2) is 32.9 Å². The van der Waals surface area contributed by atoms with E-state index < -0.39 is 18.0 Å². The number of nitrogens with zero attached hydrogens (tertiary/aromatic N) is 2. The fourth-order valence-corrected chi connectivity index (χ4v) is 1.56. The fourth-order valence-electron chi connectivity index (χ4n) is 1.56. The zero-order valence-corrected chi connectivity index (χ0v) is 10.7. The lowest BCUT2D eigenvalue weighted by Gasteiger charge is -2.12. The molecule has 1 aromatic rings. The number of carboxylic acid groups (broad SMARTS) is 1. The van der Waals surface area contributed by atoms with Gasteiger partial charge in [-0.05, 0) is 12.8 Å². The average Bonchev–Trinajstić information content (AvgIpc) is 2.65. The number of carbonyl (C=O) groups excluding carboxylic acids is 1. The lowest BCUT2D eigenvalue weighted by atomic mass is 10.2. The molecule has 0 saturated heterocycles. The molecule has 7 heteroatoms. The molecular weight excluding hydrogens is 236 g/mol. The molecule has 1 rings (SSSR count). The van der Waals surface area contributed by atoms with Gasteiger partial charge < -0.3 is 15.7 Å². The third-order valence-electron chi connectivity index (χ3n) is 2.50. The van der Waals surface area contributed by atoms with E-state index in [1.165, 1.54) is 0 Å². The van der Waals surface area contributed by atoms with Crippen LogP contribution < -0.4 is 10.6 Å². The number of carbonyl (C=O) groups is 2. The van der Waals surface area contributed by atoms with Gasteiger partial charge in [-0.25, -0.2) is 9.59 Å². The van der Waals surface area contributed by atoms with Gasteiger partial charge in [0.1, 0.15) is 6.04 Å². The molecule has 2 amide bonds. The van der Waals surface area contributed by atoms with Crippen LogP contribution in [0.3, 0.4) is 0 Å². The van der Waals surface area contributed by atoms with Crippen molar-refractivity contribution in [3.8, 4) is 0 Å². The van der Waals surface area contributed by atoms with E-state index in [0.717, 1.165) is 5.69 Å². The predicted octanol–water partition coefficient (Wildman–Crippen LogP) is 0.967. The third-order valence-corrected chi connectivity index (χ3v) is 2.50. The molecule has 1 heterocycles. The summed E-state index contributed by atoms with van der Waals surface area (Å²) >= 11 is 0. The van der Waals surface area contributed by atoms with Crippen LogP contribution in [0.1, 0.15) is 26.0 Å². The number of amides is 2. The topological polar surface area (TPSA) is 96.3 Å². The number of carboxylic acids is 1. The van der Waals surface area contributed by atoms with Crippen molar-refractivity contribution in [3.63, 3.8) is 0 Å². The van der Waals surface area contributed by atoms with Gasteiger partial charge in [-0.15, -0.1) is 0 Å². The summed E-state index contributed by atoms with van der Waals surface area (Å²) in [6.07, 6.45) is 2.70. The van der Waals surface area contributed by atoms with Crippen LogP contribution in [0, 0.1) is 0 Å². The second-order valence-electron chi connectivity index (χ2n) is 3.91. The van der Waals surface area contributed by atoms with Crippen LogP contribution in [0.25, 0.3) is 0 Å². The van der Waals surface area contributed by atoms with Crippen molar-refractivity contribution < 1.29 is 14.7 Å². The van der Waals surface area contributed by atoms with E-state index in [2.05, 4.69) is 15.7 Å². The smallest absolute Gasteiger partial charge is 0.326 e. The minimum atomic E-state index is -1.05. The Hall–Kier alpha value is -2.05. The molecule has 1 atom stereocenters. The highest BCUT2D eigenvalue weighted by molar-refractivity contribution is 5.92. The van der Waals surface area contributed by atoms with Crippen LogP contribution in [0.2, 0.25) is 0 Å². The first kappa shape index (κ1) is 14.0. The van der Waals surface area contributed by atoms with Gasteiger partial charge in [-0.1, -0.05) is 13.8 Å². The van der Waals surface area contributed by atoms with Crippen LogP contribution in [0.5, 0.6) is 0 Å². The fraction of sp³-hybridized carbons (Fsp3) is 0.545. The Morgan fingerprint density at radius 1 is 1.50 bits per heavy atom. The van der Waals surface area contributed by atoms with Gasteiger partial charge >= 0.3 is 12.0 Å². The van der Waals surface area contributed by atoms with E-state index in [9.17, 15) is 9.59 Å². The summed E-state index contributed by atoms with van der Waals surface area (Å²) in [7, 11) is 1.76. The minimum absolute atomic E-state index is 0.330. The SMILES string of the molecule is CCc1nn(C)cc1NC(=O)NC(CC)C(=O)O. The molecule has 100 valence electrons. The maximum Gasteiger partial charge on any atom is 0.326 e. The minimum Gasteiger partial charge on any atom is -0.480 e. The van der Waals surface area contributed by atoms with Crippen molar-refractivity contribution in [2.75, 3.05) is 5.32 Å². The van der Waals surface area contributed by atoms with E-state index >= 15 is 0 Å². The molecule has 0 aliphatic heterocycles. The first-order chi connectivity index (χ1) is 8.47. The molecule has 0 aliphatic rings. The van der Waals surface area contributed by atoms with Gasteiger partial charge in [0, 0.05) is 13.2 Å². The molecule has 3 N–H and O–H groups in total. The summed E-state index contributed by atoms with van der Waals surface area (Å²) in [5.74, 6) is -1.05. The van der Waals surface area contributed by atoms with Crippen molar-refractivity contribution in [1.29, 1.82) is 0 Å². The average molecular weight is 254 g/mol. The Labute approximate surface area is 105 Å². The number of aromatic nitrogens is 2. The number of anilines is 1. The molecule has 0 radical (unpaired) electrons. The lowest BCUT2D eigenvalue weighted by Crippen LogP contribution is -2.42. The highest BCUT2D eigenvalue weighted by Crippen LogP contribution is 2.13. The number of aliphatic carboxylic acids is 1. The largest absolute Gasteiger partial charge is 0.480 e. The van der Waals surface area contributed by atoms with Gasteiger partial charge in [0.2, 0.25) is 0 Å². The Kier molecular flexibility index (Phi) is 4.70. The van der Waals surface area contributed by atoms with Crippen LogP contribution in [-0.2, 0) is 18.3 Å². The van der Waals surface area contributed by atoms with E-state index in [4.69, 9.17) is 5.11 Å². The Bertz CT molecular complexity index is 441. The standard InChI is InChI=1S/C11H18N4O3/c1-4-7-9(6-15(3)14-7)13-11(18)12-8(5-2)10(16)17/h6,8H,4-5H2,1-3H3,(H,16,17)(H2,12,13,18). The monoisotopic (exact) mass is 254 g/mol. The number of nitrogens with one attached hydrogen (secondary N) is 2. The first-order valence-electron chi connectivity index (χ1n) is 5.80. The lowest BCUT2D eigenvalue weighted by molar-refractivity contribution is -0.139. The summed E-state index contributed by atoms with van der Waals surface area (Å²) < 4.78 is 1.60. The molecule has 0 fully saturated rings. The number of hydrogen-bond acceptors (Lipinski definition) is 3. The highest BCUT2D eigenvalue weighted by Gasteiger charge is 2.18. The van der Waals surface area contributed by atoms with Gasteiger partial charge in [0.25, 0.3) is 0 Å². The van der Waals surface area contributed by atoms with Gasteiger partial charge in [0.15, 0.2) is 0 Å². The second-order valence-corrected chi connectivity index (χ2v) is 3.91. The van der Waals surface area contributed by atoms with Crippen LogP contribution >= 0.6 is 0 Å². The van der Waals surface area contributed by atoms with Crippen LogP contribution in [0.15, 0.2) is 6.20 Å². The van der Waals surface area contributed by atoms with Crippen molar-refractivity contribution in [1.82, 2.24) is 15.1 Å². The van der Waals surface area contributed by atoms with Gasteiger partial charge in [-0.2, -0.15) is 5.10 Å². The van der Waals surface area contributed by atoms with Crippen molar-refractivity contribution >= 4 is 17.7 Å². The van der Waals surface area contributed by atoms with Crippen molar-refractivity contribution in [2.24, 2.45) is 7.05 Å². The molecule has 18 heavy (non-hydrogen) atoms.